The van der Waals surface area contributed by atoms with E-state index in [2.05, 4.69) is 16.3 Å². The molecule has 0 aliphatic carbocycles. The van der Waals surface area contributed by atoms with Crippen LogP contribution in [-0.2, 0) is 0 Å². The number of rotatable bonds is 3. The van der Waals surface area contributed by atoms with Crippen molar-refractivity contribution >= 4 is 11.6 Å². The minimum Gasteiger partial charge on any atom is -0.420 e. The highest BCUT2D eigenvalue weighted by Gasteiger charge is 2.27. The molecule has 2 aromatic carbocycles. The summed E-state index contributed by atoms with van der Waals surface area (Å²) in [5, 5.41) is 0. The third kappa shape index (κ3) is 3.17. The summed E-state index contributed by atoms with van der Waals surface area (Å²) in [4.78, 5) is 0. The number of hydrogen-bond donors (Lipinski definition) is 0. The summed E-state index contributed by atoms with van der Waals surface area (Å²) in [6.45, 7) is 0. The first-order valence-electron chi connectivity index (χ1n) is 5.06. The van der Waals surface area contributed by atoms with E-state index in [-0.39, 0.29) is 11.6 Å². The molecule has 0 atom stereocenters. The van der Waals surface area contributed by atoms with E-state index in [0.29, 0.717) is 11.1 Å². The molecule has 2 aromatic rings. The predicted molar refractivity (Wildman–Crippen MR) is 63.3 cm³/mol. The Morgan fingerprint density at radius 2 is 1.56 bits per heavy atom. The van der Waals surface area contributed by atoms with Crippen LogP contribution in [0.25, 0.3) is 11.1 Å². The molecule has 0 radical (unpaired) electrons. The minimum absolute atomic E-state index is 0.0879. The van der Waals surface area contributed by atoms with Crippen LogP contribution >= 0.6 is 11.6 Å². The third-order valence-corrected chi connectivity index (χ3v) is 2.35. The monoisotopic (exact) mass is 272 g/mol. The van der Waals surface area contributed by atoms with Crippen LogP contribution in [0.1, 0.15) is 0 Å². The van der Waals surface area contributed by atoms with Crippen molar-refractivity contribution in [2.24, 2.45) is 0 Å². The van der Waals surface area contributed by atoms with Gasteiger partial charge in [-0.15, -0.1) is 8.78 Å². The van der Waals surface area contributed by atoms with E-state index in [1.807, 2.05) is 0 Å². The van der Waals surface area contributed by atoms with E-state index >= 15 is 0 Å². The maximum Gasteiger partial charge on any atom is 0.487 e. The predicted octanol–water partition coefficient (Wildman–Crippen LogP) is 4.66. The molecular formula is C13H8ClF3O. The van der Waals surface area contributed by atoms with Gasteiger partial charge in [0.1, 0.15) is 11.6 Å². The summed E-state index contributed by atoms with van der Waals surface area (Å²) < 4.78 is 42.4. The van der Waals surface area contributed by atoms with E-state index in [4.69, 9.17) is 0 Å². The second-order valence-electron chi connectivity index (χ2n) is 3.55. The smallest absolute Gasteiger partial charge is 0.420 e. The number of alkyl halides is 3. The first-order valence-corrected chi connectivity index (χ1v) is 5.44. The highest BCUT2D eigenvalue weighted by molar-refractivity contribution is 6.20. The van der Waals surface area contributed by atoms with Crippen molar-refractivity contribution in [3.05, 3.63) is 54.3 Å². The fourth-order valence-electron chi connectivity index (χ4n) is 1.53. The van der Waals surface area contributed by atoms with E-state index in [0.717, 1.165) is 0 Å². The Kier molecular flexibility index (Phi) is 3.48. The van der Waals surface area contributed by atoms with Crippen molar-refractivity contribution < 1.29 is 17.9 Å². The molecule has 0 amide bonds. The first-order chi connectivity index (χ1) is 8.46. The zero-order valence-corrected chi connectivity index (χ0v) is 9.79. The molecule has 94 valence electrons. The van der Waals surface area contributed by atoms with Crippen molar-refractivity contribution in [2.75, 3.05) is 0 Å². The van der Waals surface area contributed by atoms with Crippen molar-refractivity contribution in [3.8, 4) is 16.9 Å². The SMILES string of the molecule is Fc1ccccc1-c1ccc(OC(F)(F)Cl)cc1. The topological polar surface area (TPSA) is 9.23 Å². The molecule has 0 bridgehead atoms. The van der Waals surface area contributed by atoms with Gasteiger partial charge < -0.3 is 4.74 Å². The number of hydrogen-bond acceptors (Lipinski definition) is 1. The van der Waals surface area contributed by atoms with Gasteiger partial charge in [0, 0.05) is 17.2 Å². The van der Waals surface area contributed by atoms with Gasteiger partial charge in [0.2, 0.25) is 0 Å². The quantitative estimate of drug-likeness (QED) is 0.738. The third-order valence-electron chi connectivity index (χ3n) is 2.27. The summed E-state index contributed by atoms with van der Waals surface area (Å²) in [6.07, 6.45) is 0. The lowest BCUT2D eigenvalue weighted by molar-refractivity contribution is -0.0964. The summed E-state index contributed by atoms with van der Waals surface area (Å²) >= 11 is 4.63. The van der Waals surface area contributed by atoms with Gasteiger partial charge in [0.05, 0.1) is 0 Å². The molecule has 0 aromatic heterocycles. The van der Waals surface area contributed by atoms with Crippen molar-refractivity contribution in [2.45, 2.75) is 5.57 Å². The van der Waals surface area contributed by atoms with Crippen molar-refractivity contribution in [3.63, 3.8) is 0 Å². The molecule has 0 fully saturated rings. The van der Waals surface area contributed by atoms with Gasteiger partial charge in [-0.1, -0.05) is 30.3 Å². The Bertz CT molecular complexity index is 535. The van der Waals surface area contributed by atoms with Crippen LogP contribution in [0.3, 0.4) is 0 Å². The highest BCUT2D eigenvalue weighted by Crippen LogP contribution is 2.28. The van der Waals surface area contributed by atoms with Gasteiger partial charge in [0.15, 0.2) is 0 Å². The molecule has 5 heteroatoms. The van der Waals surface area contributed by atoms with E-state index in [1.165, 1.54) is 30.3 Å². The first kappa shape index (κ1) is 12.8. The normalized spacial score (nSPS) is 11.3. The molecule has 2 rings (SSSR count). The zero-order valence-electron chi connectivity index (χ0n) is 9.04. The molecule has 0 heterocycles. The fraction of sp³-hybridized carbons (Fsp3) is 0.0769. The van der Waals surface area contributed by atoms with Crippen LogP contribution < -0.4 is 4.74 Å². The molecule has 1 nitrogen and oxygen atoms in total. The number of ether oxygens (including phenoxy) is 1. The Morgan fingerprint density at radius 3 is 2.11 bits per heavy atom. The molecule has 0 unspecified atom stereocenters. The van der Waals surface area contributed by atoms with Crippen LogP contribution in [0.15, 0.2) is 48.5 Å². The largest absolute Gasteiger partial charge is 0.487 e. The molecule has 0 spiro atoms. The standard InChI is InChI=1S/C13H8ClF3O/c14-13(16,17)18-10-7-5-9(6-8-10)11-3-1-2-4-12(11)15/h1-8H. The summed E-state index contributed by atoms with van der Waals surface area (Å²) in [5.41, 5.74) is -2.79. The van der Waals surface area contributed by atoms with E-state index in [1.54, 1.807) is 18.2 Å². The van der Waals surface area contributed by atoms with Gasteiger partial charge in [-0.25, -0.2) is 4.39 Å². The lowest BCUT2D eigenvalue weighted by Gasteiger charge is -2.11. The van der Waals surface area contributed by atoms with Gasteiger partial charge in [-0.05, 0) is 23.8 Å². The molecule has 0 aliphatic rings. The summed E-state index contributed by atoms with van der Waals surface area (Å²) in [6, 6.07) is 11.8. The second-order valence-corrected chi connectivity index (χ2v) is 3.99. The van der Waals surface area contributed by atoms with Crippen LogP contribution in [0, 0.1) is 5.82 Å². The molecule has 0 N–H and O–H groups in total. The van der Waals surface area contributed by atoms with Crippen molar-refractivity contribution in [1.29, 1.82) is 0 Å². The molecule has 0 saturated carbocycles. The van der Waals surface area contributed by atoms with Gasteiger partial charge in [0.25, 0.3) is 0 Å². The van der Waals surface area contributed by atoms with Gasteiger partial charge in [-0.2, -0.15) is 0 Å². The highest BCUT2D eigenvalue weighted by atomic mass is 35.5. The van der Waals surface area contributed by atoms with Crippen LogP contribution in [0.2, 0.25) is 0 Å². The minimum atomic E-state index is -3.75. The molecule has 0 saturated heterocycles. The Hall–Kier alpha value is -1.68. The van der Waals surface area contributed by atoms with Crippen LogP contribution in [0.5, 0.6) is 5.75 Å². The van der Waals surface area contributed by atoms with Gasteiger partial charge in [-0.3, -0.25) is 0 Å². The Morgan fingerprint density at radius 1 is 0.944 bits per heavy atom. The Labute approximate surface area is 107 Å². The summed E-state index contributed by atoms with van der Waals surface area (Å²) in [5.74, 6) is -0.469. The van der Waals surface area contributed by atoms with Gasteiger partial charge >= 0.3 is 5.57 Å². The molecule has 0 aliphatic heterocycles. The maximum absolute atomic E-state index is 13.5. The lowest BCUT2D eigenvalue weighted by Crippen LogP contribution is -2.15. The fourth-order valence-corrected chi connectivity index (χ4v) is 1.62. The average Bonchev–Trinajstić information content (AvgIpc) is 2.29. The van der Waals surface area contributed by atoms with E-state index < -0.39 is 5.57 Å². The second kappa shape index (κ2) is 4.90. The average molecular weight is 273 g/mol. The Balaban J connectivity index is 2.26. The van der Waals surface area contributed by atoms with Crippen molar-refractivity contribution in [1.82, 2.24) is 0 Å². The van der Waals surface area contributed by atoms with E-state index in [9.17, 15) is 13.2 Å². The van der Waals surface area contributed by atoms with Crippen LogP contribution in [-0.4, -0.2) is 5.57 Å². The summed E-state index contributed by atoms with van der Waals surface area (Å²) in [7, 11) is 0. The maximum atomic E-state index is 13.5. The molecular weight excluding hydrogens is 265 g/mol. The zero-order chi connectivity index (χ0) is 13.2. The molecule has 18 heavy (non-hydrogen) atoms. The van der Waals surface area contributed by atoms with Crippen LogP contribution in [0.4, 0.5) is 13.2 Å². The lowest BCUT2D eigenvalue weighted by atomic mass is 10.1. The number of benzene rings is 2. The number of halogens is 4.